The van der Waals surface area contributed by atoms with Gasteiger partial charge < -0.3 is 10.2 Å². The summed E-state index contributed by atoms with van der Waals surface area (Å²) in [7, 11) is 4.00. The highest BCUT2D eigenvalue weighted by Crippen LogP contribution is 2.16. The summed E-state index contributed by atoms with van der Waals surface area (Å²) in [6, 6.07) is 0.356. The zero-order chi connectivity index (χ0) is 11.4. The molecule has 5 nitrogen and oxygen atoms in total. The maximum absolute atomic E-state index is 5.79. The third kappa shape index (κ3) is 3.77. The van der Waals surface area contributed by atoms with Gasteiger partial charge in [-0.25, -0.2) is 0 Å². The zero-order valence-electron chi connectivity index (χ0n) is 8.83. The topological polar surface area (TPSA) is 53.9 Å². The van der Waals surface area contributed by atoms with Crippen molar-refractivity contribution in [1.29, 1.82) is 0 Å². The lowest BCUT2D eigenvalue weighted by molar-refractivity contribution is 0.326. The van der Waals surface area contributed by atoms with Crippen LogP contribution in [0, 0.1) is 0 Å². The molecule has 0 radical (unpaired) electrons. The third-order valence-corrected chi connectivity index (χ3v) is 2.48. The first kappa shape index (κ1) is 12.4. The molecule has 0 spiro atoms. The Kier molecular flexibility index (Phi) is 4.50. The molecule has 7 heteroatoms. The van der Waals surface area contributed by atoms with Crippen molar-refractivity contribution in [3.8, 4) is 0 Å². The van der Waals surface area contributed by atoms with E-state index in [1.165, 1.54) is 0 Å². The molecule has 1 aromatic rings. The van der Waals surface area contributed by atoms with Gasteiger partial charge in [-0.3, -0.25) is 0 Å². The molecular weight excluding hydrogens is 237 g/mol. The number of halogens is 2. The van der Waals surface area contributed by atoms with E-state index in [9.17, 15) is 0 Å². The van der Waals surface area contributed by atoms with Crippen LogP contribution in [0.4, 0.5) is 5.82 Å². The summed E-state index contributed by atoms with van der Waals surface area (Å²) in [5.74, 6) is 0.463. The van der Waals surface area contributed by atoms with Gasteiger partial charge in [0.25, 0.3) is 0 Å². The van der Waals surface area contributed by atoms with E-state index >= 15 is 0 Å². The highest BCUT2D eigenvalue weighted by atomic mass is 35.5. The number of aromatic nitrogens is 3. The van der Waals surface area contributed by atoms with Crippen LogP contribution >= 0.6 is 23.2 Å². The Morgan fingerprint density at radius 3 is 2.60 bits per heavy atom. The zero-order valence-corrected chi connectivity index (χ0v) is 10.3. The first-order valence-corrected chi connectivity index (χ1v) is 5.22. The Morgan fingerprint density at radius 1 is 1.33 bits per heavy atom. The van der Waals surface area contributed by atoms with E-state index in [1.807, 2.05) is 14.1 Å². The average Bonchev–Trinajstić information content (AvgIpc) is 2.18. The second kappa shape index (κ2) is 5.44. The summed E-state index contributed by atoms with van der Waals surface area (Å²) in [6.45, 7) is 2.79. The Labute approximate surface area is 98.8 Å². The Hall–Kier alpha value is -0.650. The van der Waals surface area contributed by atoms with Crippen LogP contribution in [0.25, 0.3) is 0 Å². The molecule has 0 saturated carbocycles. The van der Waals surface area contributed by atoms with Gasteiger partial charge in [0.1, 0.15) is 0 Å². The van der Waals surface area contributed by atoms with E-state index in [0.29, 0.717) is 18.4 Å². The molecule has 1 atom stereocenters. The smallest absolute Gasteiger partial charge is 0.245 e. The lowest BCUT2D eigenvalue weighted by Gasteiger charge is -2.20. The monoisotopic (exact) mass is 249 g/mol. The Bertz CT molecular complexity index is 331. The van der Waals surface area contributed by atoms with Crippen LogP contribution in [0.15, 0.2) is 0 Å². The van der Waals surface area contributed by atoms with E-state index in [2.05, 4.69) is 32.3 Å². The minimum atomic E-state index is 0.0828. The van der Waals surface area contributed by atoms with E-state index in [1.54, 1.807) is 0 Å². The molecule has 0 fully saturated rings. The summed E-state index contributed by atoms with van der Waals surface area (Å²) >= 11 is 11.4. The minimum absolute atomic E-state index is 0.0828. The first-order valence-electron chi connectivity index (χ1n) is 4.46. The quantitative estimate of drug-likeness (QED) is 0.878. The molecule has 0 aliphatic carbocycles. The Morgan fingerprint density at radius 2 is 2.00 bits per heavy atom. The number of anilines is 1. The number of hydrogen-bond donors (Lipinski definition) is 1. The van der Waals surface area contributed by atoms with Crippen molar-refractivity contribution in [3.63, 3.8) is 0 Å². The summed E-state index contributed by atoms with van der Waals surface area (Å²) in [5.41, 5.74) is 0. The first-order chi connectivity index (χ1) is 7.00. The van der Waals surface area contributed by atoms with Crippen molar-refractivity contribution < 1.29 is 0 Å². The molecule has 1 aromatic heterocycles. The molecular formula is C8H13Cl2N5. The second-order valence-corrected chi connectivity index (χ2v) is 4.11. The average molecular weight is 250 g/mol. The van der Waals surface area contributed by atoms with Crippen molar-refractivity contribution in [3.05, 3.63) is 10.4 Å². The van der Waals surface area contributed by atoms with Crippen LogP contribution in [0.1, 0.15) is 6.92 Å². The molecule has 1 N–H and O–H groups in total. The van der Waals surface area contributed by atoms with Crippen molar-refractivity contribution in [2.24, 2.45) is 0 Å². The number of rotatable bonds is 4. The fraction of sp³-hybridized carbons (Fsp3) is 0.625. The van der Waals surface area contributed by atoms with Crippen LogP contribution < -0.4 is 5.32 Å². The van der Waals surface area contributed by atoms with E-state index < -0.39 is 0 Å². The van der Waals surface area contributed by atoms with Crippen LogP contribution in [-0.2, 0) is 0 Å². The molecule has 0 aliphatic rings. The molecule has 0 amide bonds. The van der Waals surface area contributed by atoms with E-state index in [4.69, 9.17) is 23.2 Å². The molecule has 0 aromatic carbocycles. The van der Waals surface area contributed by atoms with Crippen LogP contribution in [0.2, 0.25) is 10.4 Å². The molecule has 1 rings (SSSR count). The predicted octanol–water partition coefficient (Wildman–Crippen LogP) is 1.54. The van der Waals surface area contributed by atoms with Gasteiger partial charge in [-0.1, -0.05) is 11.6 Å². The fourth-order valence-electron chi connectivity index (χ4n) is 0.833. The number of likely N-dealkylation sites (N-methyl/N-ethyl adjacent to an activating group) is 1. The second-order valence-electron chi connectivity index (χ2n) is 3.41. The number of hydrogen-bond acceptors (Lipinski definition) is 5. The van der Waals surface area contributed by atoms with Crippen LogP contribution in [0.3, 0.4) is 0 Å². The molecule has 1 unspecified atom stereocenters. The van der Waals surface area contributed by atoms with Gasteiger partial charge >= 0.3 is 0 Å². The van der Waals surface area contributed by atoms with Gasteiger partial charge in [0, 0.05) is 12.6 Å². The normalized spacial score (nSPS) is 12.9. The summed E-state index contributed by atoms with van der Waals surface area (Å²) in [4.78, 5) is 6.01. The van der Waals surface area contributed by atoms with Gasteiger partial charge in [-0.05, 0) is 32.6 Å². The van der Waals surface area contributed by atoms with Gasteiger partial charge in [0.15, 0.2) is 11.0 Å². The van der Waals surface area contributed by atoms with Crippen LogP contribution in [0.5, 0.6) is 0 Å². The van der Waals surface area contributed by atoms with Gasteiger partial charge in [-0.2, -0.15) is 4.98 Å². The molecule has 15 heavy (non-hydrogen) atoms. The van der Waals surface area contributed by atoms with Gasteiger partial charge in [0.05, 0.1) is 0 Å². The van der Waals surface area contributed by atoms with Gasteiger partial charge in [0.2, 0.25) is 5.28 Å². The van der Waals surface area contributed by atoms with Crippen molar-refractivity contribution in [1.82, 2.24) is 20.1 Å². The van der Waals surface area contributed by atoms with Crippen LogP contribution in [-0.4, -0.2) is 46.8 Å². The highest BCUT2D eigenvalue weighted by molar-refractivity contribution is 6.32. The van der Waals surface area contributed by atoms with Crippen molar-refractivity contribution in [2.45, 2.75) is 13.0 Å². The Balaban J connectivity index is 2.61. The third-order valence-electron chi connectivity index (χ3n) is 2.07. The molecule has 84 valence electrons. The number of nitrogens with zero attached hydrogens (tertiary/aromatic N) is 4. The van der Waals surface area contributed by atoms with Gasteiger partial charge in [-0.15, -0.1) is 10.2 Å². The highest BCUT2D eigenvalue weighted by Gasteiger charge is 2.08. The predicted molar refractivity (Wildman–Crippen MR) is 61.5 cm³/mol. The molecule has 0 saturated heterocycles. The lowest BCUT2D eigenvalue weighted by atomic mass is 10.3. The summed E-state index contributed by atoms with van der Waals surface area (Å²) < 4.78 is 0. The molecule has 0 bridgehead atoms. The maximum Gasteiger partial charge on any atom is 0.245 e. The maximum atomic E-state index is 5.79. The standard InChI is InChI=1S/C8H13Cl2N5/c1-5(15(2)3)4-11-7-6(9)13-14-8(10)12-7/h5H,4H2,1-3H3,(H,11,12,14). The number of nitrogens with one attached hydrogen (secondary N) is 1. The molecule has 1 heterocycles. The van der Waals surface area contributed by atoms with E-state index in [-0.39, 0.29) is 10.4 Å². The summed E-state index contributed by atoms with van der Waals surface area (Å²) in [6.07, 6.45) is 0. The lowest BCUT2D eigenvalue weighted by Crippen LogP contribution is -2.31. The minimum Gasteiger partial charge on any atom is -0.366 e. The largest absolute Gasteiger partial charge is 0.366 e. The molecule has 0 aliphatic heterocycles. The van der Waals surface area contributed by atoms with E-state index in [0.717, 1.165) is 0 Å². The van der Waals surface area contributed by atoms with Crippen molar-refractivity contribution >= 4 is 29.0 Å². The SMILES string of the molecule is CC(CNc1nc(Cl)nnc1Cl)N(C)C. The fourth-order valence-corrected chi connectivity index (χ4v) is 1.10. The summed E-state index contributed by atoms with van der Waals surface area (Å²) in [5, 5.41) is 10.5. The van der Waals surface area contributed by atoms with Crippen molar-refractivity contribution in [2.75, 3.05) is 26.0 Å².